The molecular formula is C14H11F2NO2S. The molecule has 0 aliphatic rings. The minimum Gasteiger partial charge on any atom is -0.274 e. The van der Waals surface area contributed by atoms with E-state index in [2.05, 4.69) is 0 Å². The summed E-state index contributed by atoms with van der Waals surface area (Å²) in [5.74, 6) is -1.94. The summed E-state index contributed by atoms with van der Waals surface area (Å²) >= 11 is 0. The number of para-hydroxylation sites is 1. The van der Waals surface area contributed by atoms with Gasteiger partial charge in [0.15, 0.2) is 0 Å². The summed E-state index contributed by atoms with van der Waals surface area (Å²) in [5.41, 5.74) is -0.0305. The predicted octanol–water partition coefficient (Wildman–Crippen LogP) is 3.38. The first-order chi connectivity index (χ1) is 9.48. The van der Waals surface area contributed by atoms with E-state index in [-0.39, 0.29) is 0 Å². The Balaban J connectivity index is 2.22. The van der Waals surface area contributed by atoms with Crippen LogP contribution in [-0.2, 0) is 10.0 Å². The first-order valence-electron chi connectivity index (χ1n) is 5.68. The molecule has 0 unspecified atom stereocenters. The Morgan fingerprint density at radius 1 is 0.900 bits per heavy atom. The number of rotatable bonds is 4. The quantitative estimate of drug-likeness (QED) is 0.940. The summed E-state index contributed by atoms with van der Waals surface area (Å²) in [4.78, 5) is 0. The van der Waals surface area contributed by atoms with Crippen LogP contribution in [0.5, 0.6) is 0 Å². The number of halogens is 2. The fraction of sp³-hybridized carbons (Fsp3) is 0. The molecule has 2 aromatic rings. The van der Waals surface area contributed by atoms with Crippen LogP contribution in [-0.4, -0.2) is 8.42 Å². The molecule has 0 saturated carbocycles. The molecular weight excluding hydrogens is 284 g/mol. The van der Waals surface area contributed by atoms with Gasteiger partial charge in [-0.1, -0.05) is 36.4 Å². The Labute approximate surface area is 115 Å². The maximum Gasteiger partial charge on any atom is 0.255 e. The highest BCUT2D eigenvalue weighted by atomic mass is 32.2. The van der Waals surface area contributed by atoms with Gasteiger partial charge in [0.05, 0.1) is 5.41 Å². The van der Waals surface area contributed by atoms with Crippen molar-refractivity contribution in [3.8, 4) is 0 Å². The van der Waals surface area contributed by atoms with E-state index in [0.717, 1.165) is 23.6 Å². The summed E-state index contributed by atoms with van der Waals surface area (Å²) in [6, 6.07) is 11.8. The SMILES string of the molecule is O=S(=O)(C=Cc1ccccc1)Nc1c(F)cccc1F. The van der Waals surface area contributed by atoms with Crippen LogP contribution in [0.1, 0.15) is 5.56 Å². The van der Waals surface area contributed by atoms with Crippen molar-refractivity contribution >= 4 is 21.8 Å². The number of benzene rings is 2. The van der Waals surface area contributed by atoms with E-state index < -0.39 is 27.3 Å². The Morgan fingerprint density at radius 2 is 1.50 bits per heavy atom. The minimum absolute atomic E-state index is 0.659. The highest BCUT2D eigenvalue weighted by Gasteiger charge is 2.13. The molecule has 3 nitrogen and oxygen atoms in total. The monoisotopic (exact) mass is 295 g/mol. The molecule has 0 atom stereocenters. The second kappa shape index (κ2) is 5.83. The van der Waals surface area contributed by atoms with E-state index >= 15 is 0 Å². The molecule has 0 aliphatic carbocycles. The van der Waals surface area contributed by atoms with Gasteiger partial charge in [-0.3, -0.25) is 4.72 Å². The van der Waals surface area contributed by atoms with E-state index in [1.807, 2.05) is 4.72 Å². The molecule has 0 bridgehead atoms. The van der Waals surface area contributed by atoms with Crippen molar-refractivity contribution in [2.24, 2.45) is 0 Å². The van der Waals surface area contributed by atoms with Crippen LogP contribution in [0.25, 0.3) is 6.08 Å². The molecule has 6 heteroatoms. The largest absolute Gasteiger partial charge is 0.274 e. The molecule has 0 fully saturated rings. The zero-order valence-corrected chi connectivity index (χ0v) is 11.1. The van der Waals surface area contributed by atoms with Crippen LogP contribution < -0.4 is 4.72 Å². The number of sulfonamides is 1. The average Bonchev–Trinajstić information content (AvgIpc) is 2.42. The van der Waals surface area contributed by atoms with Crippen molar-refractivity contribution in [2.75, 3.05) is 4.72 Å². The van der Waals surface area contributed by atoms with Crippen molar-refractivity contribution in [3.05, 3.63) is 71.1 Å². The van der Waals surface area contributed by atoms with Gasteiger partial charge in [0, 0.05) is 0 Å². The Bertz CT molecular complexity index is 708. The highest BCUT2D eigenvalue weighted by Crippen LogP contribution is 2.19. The topological polar surface area (TPSA) is 46.2 Å². The summed E-state index contributed by atoms with van der Waals surface area (Å²) in [5, 5.41) is 0.855. The van der Waals surface area contributed by atoms with Gasteiger partial charge in [0.25, 0.3) is 10.0 Å². The van der Waals surface area contributed by atoms with E-state index in [1.54, 1.807) is 30.3 Å². The van der Waals surface area contributed by atoms with Crippen molar-refractivity contribution in [1.82, 2.24) is 0 Å². The summed E-state index contributed by atoms with van der Waals surface area (Å²) in [6.45, 7) is 0. The number of hydrogen-bond acceptors (Lipinski definition) is 2. The molecule has 2 aromatic carbocycles. The van der Waals surface area contributed by atoms with Gasteiger partial charge in [-0.05, 0) is 23.8 Å². The maximum atomic E-state index is 13.4. The standard InChI is InChI=1S/C14H11F2NO2S/c15-12-7-4-8-13(16)14(12)17-20(18,19)10-9-11-5-2-1-3-6-11/h1-10,17H. The summed E-state index contributed by atoms with van der Waals surface area (Å²) in [6.07, 6.45) is 1.33. The van der Waals surface area contributed by atoms with Crippen molar-refractivity contribution in [1.29, 1.82) is 0 Å². The third-order valence-electron chi connectivity index (χ3n) is 2.45. The molecule has 2 rings (SSSR count). The van der Waals surface area contributed by atoms with Crippen molar-refractivity contribution in [2.45, 2.75) is 0 Å². The molecule has 0 heterocycles. The lowest BCUT2D eigenvalue weighted by atomic mass is 10.2. The first-order valence-corrected chi connectivity index (χ1v) is 7.22. The Kier molecular flexibility index (Phi) is 4.14. The second-order valence-corrected chi connectivity index (χ2v) is 5.52. The maximum absolute atomic E-state index is 13.4. The molecule has 0 saturated heterocycles. The fourth-order valence-electron chi connectivity index (χ4n) is 1.50. The zero-order chi connectivity index (χ0) is 14.6. The highest BCUT2D eigenvalue weighted by molar-refractivity contribution is 7.95. The van der Waals surface area contributed by atoms with E-state index in [9.17, 15) is 17.2 Å². The molecule has 0 amide bonds. The van der Waals surface area contributed by atoms with Crippen LogP contribution >= 0.6 is 0 Å². The van der Waals surface area contributed by atoms with Gasteiger partial charge in [0.2, 0.25) is 0 Å². The smallest absolute Gasteiger partial charge is 0.255 e. The molecule has 0 spiro atoms. The van der Waals surface area contributed by atoms with Gasteiger partial charge >= 0.3 is 0 Å². The van der Waals surface area contributed by atoms with Crippen molar-refractivity contribution < 1.29 is 17.2 Å². The average molecular weight is 295 g/mol. The first kappa shape index (κ1) is 14.2. The molecule has 1 N–H and O–H groups in total. The van der Waals surface area contributed by atoms with Gasteiger partial charge < -0.3 is 0 Å². The fourth-order valence-corrected chi connectivity index (χ4v) is 2.39. The Morgan fingerprint density at radius 3 is 2.10 bits per heavy atom. The minimum atomic E-state index is -3.99. The predicted molar refractivity (Wildman–Crippen MR) is 74.4 cm³/mol. The van der Waals surface area contributed by atoms with Gasteiger partial charge in [0.1, 0.15) is 17.3 Å². The van der Waals surface area contributed by atoms with Crippen LogP contribution in [0, 0.1) is 11.6 Å². The number of hydrogen-bond donors (Lipinski definition) is 1. The second-order valence-electron chi connectivity index (χ2n) is 3.96. The lowest BCUT2D eigenvalue weighted by molar-refractivity contribution is 0.585. The van der Waals surface area contributed by atoms with Crippen LogP contribution in [0.4, 0.5) is 14.5 Å². The molecule has 0 aromatic heterocycles. The van der Waals surface area contributed by atoms with E-state index in [1.165, 1.54) is 6.08 Å². The zero-order valence-electron chi connectivity index (χ0n) is 10.3. The lowest BCUT2D eigenvalue weighted by Crippen LogP contribution is -2.11. The Hall–Kier alpha value is -2.21. The van der Waals surface area contributed by atoms with Crippen LogP contribution in [0.3, 0.4) is 0 Å². The van der Waals surface area contributed by atoms with E-state index in [4.69, 9.17) is 0 Å². The summed E-state index contributed by atoms with van der Waals surface area (Å²) in [7, 11) is -3.99. The molecule has 104 valence electrons. The third-order valence-corrected chi connectivity index (χ3v) is 3.43. The van der Waals surface area contributed by atoms with Gasteiger partial charge in [-0.2, -0.15) is 0 Å². The normalized spacial score (nSPS) is 11.7. The van der Waals surface area contributed by atoms with Crippen LogP contribution in [0.2, 0.25) is 0 Å². The van der Waals surface area contributed by atoms with E-state index in [0.29, 0.717) is 5.56 Å². The molecule has 0 radical (unpaired) electrons. The number of anilines is 1. The number of nitrogens with one attached hydrogen (secondary N) is 1. The van der Waals surface area contributed by atoms with Crippen LogP contribution in [0.15, 0.2) is 53.9 Å². The van der Waals surface area contributed by atoms with Gasteiger partial charge in [-0.15, -0.1) is 0 Å². The molecule has 20 heavy (non-hydrogen) atoms. The molecule has 0 aliphatic heterocycles. The third kappa shape index (κ3) is 3.64. The van der Waals surface area contributed by atoms with Gasteiger partial charge in [-0.25, -0.2) is 17.2 Å². The van der Waals surface area contributed by atoms with Crippen molar-refractivity contribution in [3.63, 3.8) is 0 Å². The lowest BCUT2D eigenvalue weighted by Gasteiger charge is -2.06. The summed E-state index contributed by atoms with van der Waals surface area (Å²) < 4.78 is 52.1.